The normalized spacial score (nSPS) is 11.1. The fourth-order valence-corrected chi connectivity index (χ4v) is 3.35. The summed E-state index contributed by atoms with van der Waals surface area (Å²) in [6.07, 6.45) is 1.61. The Morgan fingerprint density at radius 2 is 1.83 bits per heavy atom. The first-order valence-electron chi connectivity index (χ1n) is 9.53. The van der Waals surface area contributed by atoms with E-state index in [1.807, 2.05) is 57.2 Å². The largest absolute Gasteiger partial charge is 0.494 e. The first kappa shape index (κ1) is 21.2. The van der Waals surface area contributed by atoms with Gasteiger partial charge in [-0.15, -0.1) is 0 Å². The monoisotopic (exact) mass is 419 g/mol. The molecule has 0 aliphatic carbocycles. The van der Waals surface area contributed by atoms with Crippen LogP contribution in [0, 0.1) is 25.2 Å². The number of aryl methyl sites for hydroxylation is 1. The van der Waals surface area contributed by atoms with Crippen LogP contribution in [0.4, 0.5) is 5.69 Å². The number of nitrogens with zero attached hydrogens (tertiary/aromatic N) is 2. The van der Waals surface area contributed by atoms with Gasteiger partial charge in [0.1, 0.15) is 17.4 Å². The predicted octanol–water partition coefficient (Wildman–Crippen LogP) is 5.69. The zero-order valence-corrected chi connectivity index (χ0v) is 17.8. The minimum Gasteiger partial charge on any atom is -0.494 e. The van der Waals surface area contributed by atoms with Crippen molar-refractivity contribution in [2.45, 2.75) is 20.8 Å². The van der Waals surface area contributed by atoms with Crippen molar-refractivity contribution in [3.63, 3.8) is 0 Å². The second-order valence-electron chi connectivity index (χ2n) is 6.72. The molecule has 0 fully saturated rings. The average molecular weight is 420 g/mol. The highest BCUT2D eigenvalue weighted by molar-refractivity contribution is 6.30. The number of aromatic nitrogens is 1. The summed E-state index contributed by atoms with van der Waals surface area (Å²) in [6.45, 7) is 6.41. The number of amides is 1. The number of hydrogen-bond donors (Lipinski definition) is 1. The van der Waals surface area contributed by atoms with Crippen molar-refractivity contribution in [1.29, 1.82) is 5.26 Å². The average Bonchev–Trinajstić information content (AvgIpc) is 3.01. The highest BCUT2D eigenvalue weighted by atomic mass is 35.5. The van der Waals surface area contributed by atoms with Crippen LogP contribution in [0.5, 0.6) is 5.75 Å². The van der Waals surface area contributed by atoms with Gasteiger partial charge in [0.25, 0.3) is 5.91 Å². The molecule has 0 atom stereocenters. The Kier molecular flexibility index (Phi) is 6.61. The lowest BCUT2D eigenvalue weighted by atomic mass is 10.1. The van der Waals surface area contributed by atoms with Crippen LogP contribution in [0.25, 0.3) is 11.8 Å². The van der Waals surface area contributed by atoms with Crippen molar-refractivity contribution < 1.29 is 9.53 Å². The summed E-state index contributed by atoms with van der Waals surface area (Å²) < 4.78 is 7.45. The molecular formula is C24H22ClN3O2. The maximum Gasteiger partial charge on any atom is 0.266 e. The third-order valence-corrected chi connectivity index (χ3v) is 4.90. The van der Waals surface area contributed by atoms with Crippen molar-refractivity contribution in [3.8, 4) is 17.5 Å². The molecule has 0 aliphatic rings. The number of nitrogens with one attached hydrogen (secondary N) is 1. The van der Waals surface area contributed by atoms with Gasteiger partial charge < -0.3 is 14.6 Å². The molecule has 3 rings (SSSR count). The molecule has 1 heterocycles. The summed E-state index contributed by atoms with van der Waals surface area (Å²) in [4.78, 5) is 12.6. The number of carbonyl (C=O) groups excluding carboxylic acids is 1. The van der Waals surface area contributed by atoms with E-state index < -0.39 is 5.91 Å². The lowest BCUT2D eigenvalue weighted by Crippen LogP contribution is -2.13. The third-order valence-electron chi connectivity index (χ3n) is 4.64. The molecule has 1 N–H and O–H groups in total. The van der Waals surface area contributed by atoms with E-state index in [1.54, 1.807) is 30.3 Å². The number of ether oxygens (including phenoxy) is 1. The summed E-state index contributed by atoms with van der Waals surface area (Å²) in [5.74, 6) is 0.263. The van der Waals surface area contributed by atoms with Gasteiger partial charge in [-0.25, -0.2) is 0 Å². The van der Waals surface area contributed by atoms with Crippen LogP contribution in [-0.4, -0.2) is 17.1 Å². The number of rotatable bonds is 6. The van der Waals surface area contributed by atoms with E-state index in [0.717, 1.165) is 28.4 Å². The van der Waals surface area contributed by atoms with Crippen molar-refractivity contribution in [2.24, 2.45) is 0 Å². The van der Waals surface area contributed by atoms with Gasteiger partial charge in [0.2, 0.25) is 0 Å². The van der Waals surface area contributed by atoms with Crippen molar-refractivity contribution in [2.75, 3.05) is 11.9 Å². The molecule has 0 saturated heterocycles. The number of anilines is 1. The molecule has 0 saturated carbocycles. The molecule has 5 nitrogen and oxygen atoms in total. The quantitative estimate of drug-likeness (QED) is 0.412. The number of hydrogen-bond acceptors (Lipinski definition) is 3. The predicted molar refractivity (Wildman–Crippen MR) is 120 cm³/mol. The fraction of sp³-hybridized carbons (Fsp3) is 0.167. The Labute approximate surface area is 181 Å². The summed E-state index contributed by atoms with van der Waals surface area (Å²) in [6, 6.07) is 18.5. The van der Waals surface area contributed by atoms with Gasteiger partial charge >= 0.3 is 0 Å². The number of carbonyl (C=O) groups is 1. The van der Waals surface area contributed by atoms with Crippen LogP contribution in [0.3, 0.4) is 0 Å². The minimum atomic E-state index is -0.460. The molecule has 1 aromatic heterocycles. The fourth-order valence-electron chi connectivity index (χ4n) is 3.22. The van der Waals surface area contributed by atoms with Gasteiger partial charge in [0.15, 0.2) is 0 Å². The number of nitriles is 1. The molecule has 30 heavy (non-hydrogen) atoms. The topological polar surface area (TPSA) is 67.0 Å². The lowest BCUT2D eigenvalue weighted by molar-refractivity contribution is -0.112. The summed E-state index contributed by atoms with van der Waals surface area (Å²) >= 11 is 5.99. The van der Waals surface area contributed by atoms with Gasteiger partial charge in [-0.1, -0.05) is 11.6 Å². The van der Waals surface area contributed by atoms with Crippen molar-refractivity contribution in [1.82, 2.24) is 4.57 Å². The standard InChI is InChI=1S/C24H22ClN3O2/c1-4-30-23-11-7-21(8-12-23)27-24(29)19(15-26)14-18-13-16(2)28(17(18)3)22-9-5-20(25)6-10-22/h5-14H,4H2,1-3H3,(H,27,29)/b19-14+. The first-order chi connectivity index (χ1) is 14.4. The van der Waals surface area contributed by atoms with E-state index in [1.165, 1.54) is 0 Å². The Morgan fingerprint density at radius 3 is 2.43 bits per heavy atom. The number of benzene rings is 2. The van der Waals surface area contributed by atoms with Crippen LogP contribution in [-0.2, 0) is 4.79 Å². The molecule has 2 aromatic carbocycles. The Hall–Kier alpha value is -3.49. The summed E-state index contributed by atoms with van der Waals surface area (Å²) in [5.41, 5.74) is 4.31. The second kappa shape index (κ2) is 9.34. The molecule has 0 aliphatic heterocycles. The van der Waals surface area contributed by atoms with Crippen molar-refractivity contribution >= 4 is 29.3 Å². The van der Waals surface area contributed by atoms with Gasteiger partial charge in [-0.05, 0) is 87.0 Å². The van der Waals surface area contributed by atoms with Crippen LogP contribution in [0.15, 0.2) is 60.2 Å². The van der Waals surface area contributed by atoms with Gasteiger partial charge in [0.05, 0.1) is 6.61 Å². The first-order valence-corrected chi connectivity index (χ1v) is 9.91. The Bertz CT molecular complexity index is 1120. The number of halogens is 1. The van der Waals surface area contributed by atoms with Crippen LogP contribution >= 0.6 is 11.6 Å². The van der Waals surface area contributed by atoms with Gasteiger partial charge in [-0.2, -0.15) is 5.26 Å². The maximum absolute atomic E-state index is 12.6. The summed E-state index contributed by atoms with van der Waals surface area (Å²) in [5, 5.41) is 13.0. The molecule has 0 bridgehead atoms. The molecule has 0 radical (unpaired) electrons. The SMILES string of the molecule is CCOc1ccc(NC(=O)/C(C#N)=C/c2cc(C)n(-c3ccc(Cl)cc3)c2C)cc1. The van der Waals surface area contributed by atoms with Gasteiger partial charge in [-0.3, -0.25) is 4.79 Å². The van der Waals surface area contributed by atoms with E-state index in [2.05, 4.69) is 9.88 Å². The van der Waals surface area contributed by atoms with E-state index in [4.69, 9.17) is 16.3 Å². The molecule has 6 heteroatoms. The third kappa shape index (κ3) is 4.73. The van der Waals surface area contributed by atoms with E-state index >= 15 is 0 Å². The van der Waals surface area contributed by atoms with E-state index in [9.17, 15) is 10.1 Å². The Morgan fingerprint density at radius 1 is 1.17 bits per heavy atom. The molecule has 1 amide bonds. The van der Waals surface area contributed by atoms with E-state index in [-0.39, 0.29) is 5.57 Å². The zero-order valence-electron chi connectivity index (χ0n) is 17.1. The highest BCUT2D eigenvalue weighted by Crippen LogP contribution is 2.24. The summed E-state index contributed by atoms with van der Waals surface area (Å²) in [7, 11) is 0. The van der Waals surface area contributed by atoms with Crippen molar-refractivity contribution in [3.05, 3.63) is 82.1 Å². The van der Waals surface area contributed by atoms with Crippen LogP contribution < -0.4 is 10.1 Å². The molecule has 0 unspecified atom stereocenters. The van der Waals surface area contributed by atoms with Gasteiger partial charge in [0, 0.05) is 27.8 Å². The smallest absolute Gasteiger partial charge is 0.266 e. The maximum atomic E-state index is 12.6. The Balaban J connectivity index is 1.85. The lowest BCUT2D eigenvalue weighted by Gasteiger charge is -2.10. The molecule has 0 spiro atoms. The highest BCUT2D eigenvalue weighted by Gasteiger charge is 2.14. The van der Waals surface area contributed by atoms with Crippen LogP contribution in [0.1, 0.15) is 23.9 Å². The second-order valence-corrected chi connectivity index (χ2v) is 7.16. The molecular weight excluding hydrogens is 398 g/mol. The van der Waals surface area contributed by atoms with E-state index in [0.29, 0.717) is 17.3 Å². The zero-order chi connectivity index (χ0) is 21.7. The molecule has 3 aromatic rings. The minimum absolute atomic E-state index is 0.0280. The van der Waals surface area contributed by atoms with Crippen LogP contribution in [0.2, 0.25) is 5.02 Å². The molecule has 152 valence electrons.